The number of carbonyl (C=O) groups excluding carboxylic acids is 3. The van der Waals surface area contributed by atoms with Crippen LogP contribution in [0.25, 0.3) is 0 Å². The van der Waals surface area contributed by atoms with Crippen LogP contribution in [0.15, 0.2) is 18.2 Å². The molecule has 7 heteroatoms. The standard InChI is InChI=1S/C25H38N4O3/c1-4-23(30)26-20-12-13-22(21(18-20)25(32)27(5-2)6-3)28-14-9-15-29(17-16-28)24(31)19-10-7-8-11-19/h12-13,18-19H,4-11,14-17H2,1-3H3,(H,26,30). The van der Waals surface area contributed by atoms with Gasteiger partial charge in [0.05, 0.1) is 5.56 Å². The van der Waals surface area contributed by atoms with Crippen molar-refractivity contribution in [2.75, 3.05) is 49.5 Å². The number of amides is 3. The van der Waals surface area contributed by atoms with Gasteiger partial charge in [0, 0.05) is 63.0 Å². The molecule has 2 fully saturated rings. The molecule has 0 radical (unpaired) electrons. The number of anilines is 2. The van der Waals surface area contributed by atoms with Gasteiger partial charge >= 0.3 is 0 Å². The summed E-state index contributed by atoms with van der Waals surface area (Å²) in [6.07, 6.45) is 5.63. The number of nitrogens with one attached hydrogen (secondary N) is 1. The van der Waals surface area contributed by atoms with Crippen molar-refractivity contribution >= 4 is 29.1 Å². The molecule has 1 heterocycles. The zero-order valence-corrected chi connectivity index (χ0v) is 19.9. The van der Waals surface area contributed by atoms with Crippen molar-refractivity contribution < 1.29 is 14.4 Å². The van der Waals surface area contributed by atoms with Crippen molar-refractivity contribution in [3.63, 3.8) is 0 Å². The number of benzene rings is 1. The third kappa shape index (κ3) is 5.61. The van der Waals surface area contributed by atoms with E-state index in [0.717, 1.165) is 50.9 Å². The van der Waals surface area contributed by atoms with E-state index in [1.165, 1.54) is 0 Å². The van der Waals surface area contributed by atoms with Crippen LogP contribution in [0.3, 0.4) is 0 Å². The number of nitrogens with zero attached hydrogens (tertiary/aromatic N) is 3. The Bertz CT molecular complexity index is 815. The van der Waals surface area contributed by atoms with Crippen LogP contribution in [0, 0.1) is 5.92 Å². The second-order valence-corrected chi connectivity index (χ2v) is 8.76. The minimum absolute atomic E-state index is 0.0271. The predicted molar refractivity (Wildman–Crippen MR) is 128 cm³/mol. The van der Waals surface area contributed by atoms with E-state index in [2.05, 4.69) is 10.2 Å². The van der Waals surface area contributed by atoms with Crippen molar-refractivity contribution in [2.45, 2.75) is 59.3 Å². The molecule has 1 aliphatic heterocycles. The van der Waals surface area contributed by atoms with E-state index >= 15 is 0 Å². The van der Waals surface area contributed by atoms with Gasteiger partial charge in [-0.05, 0) is 51.3 Å². The van der Waals surface area contributed by atoms with Gasteiger partial charge in [-0.1, -0.05) is 19.8 Å². The first-order valence-corrected chi connectivity index (χ1v) is 12.2. The van der Waals surface area contributed by atoms with Gasteiger partial charge in [-0.3, -0.25) is 14.4 Å². The summed E-state index contributed by atoms with van der Waals surface area (Å²) in [5.74, 6) is 0.403. The van der Waals surface area contributed by atoms with E-state index in [-0.39, 0.29) is 17.7 Å². The molecule has 2 aliphatic rings. The summed E-state index contributed by atoms with van der Waals surface area (Å²) in [6, 6.07) is 5.61. The molecule has 1 saturated heterocycles. The lowest BCUT2D eigenvalue weighted by Gasteiger charge is -2.28. The van der Waals surface area contributed by atoms with Crippen LogP contribution in [-0.4, -0.2) is 66.8 Å². The summed E-state index contributed by atoms with van der Waals surface area (Å²) in [5.41, 5.74) is 2.13. The number of hydrogen-bond donors (Lipinski definition) is 1. The predicted octanol–water partition coefficient (Wildman–Crippen LogP) is 3.75. The van der Waals surface area contributed by atoms with Crippen LogP contribution in [0.5, 0.6) is 0 Å². The molecule has 3 amide bonds. The highest BCUT2D eigenvalue weighted by Gasteiger charge is 2.29. The largest absolute Gasteiger partial charge is 0.369 e. The van der Waals surface area contributed by atoms with Crippen LogP contribution in [0.1, 0.15) is 69.7 Å². The monoisotopic (exact) mass is 442 g/mol. The second kappa shape index (κ2) is 11.3. The van der Waals surface area contributed by atoms with Gasteiger partial charge in [-0.25, -0.2) is 0 Å². The maximum Gasteiger partial charge on any atom is 0.256 e. The molecule has 0 unspecified atom stereocenters. The number of carbonyl (C=O) groups is 3. The molecule has 3 rings (SSSR count). The normalized spacial score (nSPS) is 17.2. The third-order valence-corrected chi connectivity index (χ3v) is 6.74. The van der Waals surface area contributed by atoms with Gasteiger partial charge in [0.1, 0.15) is 0 Å². The third-order valence-electron chi connectivity index (χ3n) is 6.74. The zero-order valence-electron chi connectivity index (χ0n) is 19.9. The molecular formula is C25H38N4O3. The van der Waals surface area contributed by atoms with Gasteiger partial charge in [0.15, 0.2) is 0 Å². The minimum atomic E-state index is -0.0742. The lowest BCUT2D eigenvalue weighted by atomic mass is 10.1. The Morgan fingerprint density at radius 2 is 1.69 bits per heavy atom. The Morgan fingerprint density at radius 1 is 0.969 bits per heavy atom. The molecule has 1 aromatic carbocycles. The second-order valence-electron chi connectivity index (χ2n) is 8.76. The summed E-state index contributed by atoms with van der Waals surface area (Å²) in [7, 11) is 0. The fraction of sp³-hybridized carbons (Fsp3) is 0.640. The lowest BCUT2D eigenvalue weighted by Crippen LogP contribution is -2.38. The van der Waals surface area contributed by atoms with Gasteiger partial charge in [0.25, 0.3) is 5.91 Å². The molecule has 0 atom stereocenters. The van der Waals surface area contributed by atoms with E-state index in [9.17, 15) is 14.4 Å². The molecule has 1 aromatic rings. The summed E-state index contributed by atoms with van der Waals surface area (Å²) < 4.78 is 0. The topological polar surface area (TPSA) is 73.0 Å². The smallest absolute Gasteiger partial charge is 0.256 e. The molecule has 1 N–H and O–H groups in total. The summed E-state index contributed by atoms with van der Waals surface area (Å²) >= 11 is 0. The van der Waals surface area contributed by atoms with Crippen molar-refractivity contribution in [1.29, 1.82) is 0 Å². The Morgan fingerprint density at radius 3 is 2.34 bits per heavy atom. The molecule has 1 aliphatic carbocycles. The fourth-order valence-electron chi connectivity index (χ4n) is 4.80. The molecule has 1 saturated carbocycles. The van der Waals surface area contributed by atoms with Crippen molar-refractivity contribution in [2.24, 2.45) is 5.92 Å². The average Bonchev–Trinajstić information content (AvgIpc) is 3.24. The maximum absolute atomic E-state index is 13.3. The van der Waals surface area contributed by atoms with Crippen LogP contribution in [0.2, 0.25) is 0 Å². The Labute approximate surface area is 192 Å². The number of rotatable bonds is 7. The van der Waals surface area contributed by atoms with Crippen molar-refractivity contribution in [1.82, 2.24) is 9.80 Å². The van der Waals surface area contributed by atoms with E-state index in [4.69, 9.17) is 0 Å². The van der Waals surface area contributed by atoms with Crippen LogP contribution < -0.4 is 10.2 Å². The molecule has 176 valence electrons. The van der Waals surface area contributed by atoms with Crippen LogP contribution >= 0.6 is 0 Å². The zero-order chi connectivity index (χ0) is 23.1. The van der Waals surface area contributed by atoms with Crippen molar-refractivity contribution in [3.8, 4) is 0 Å². The lowest BCUT2D eigenvalue weighted by molar-refractivity contribution is -0.135. The van der Waals surface area contributed by atoms with Gasteiger partial charge in [0.2, 0.25) is 11.8 Å². The summed E-state index contributed by atoms with van der Waals surface area (Å²) in [6.45, 7) is 9.98. The first-order valence-electron chi connectivity index (χ1n) is 12.2. The highest BCUT2D eigenvalue weighted by Crippen LogP contribution is 2.29. The highest BCUT2D eigenvalue weighted by atomic mass is 16.2. The van der Waals surface area contributed by atoms with Gasteiger partial charge < -0.3 is 20.0 Å². The van der Waals surface area contributed by atoms with E-state index in [1.54, 1.807) is 11.0 Å². The molecule has 0 spiro atoms. The minimum Gasteiger partial charge on any atom is -0.369 e. The average molecular weight is 443 g/mol. The van der Waals surface area contributed by atoms with E-state index < -0.39 is 0 Å². The van der Waals surface area contributed by atoms with Crippen LogP contribution in [-0.2, 0) is 9.59 Å². The van der Waals surface area contributed by atoms with Crippen LogP contribution in [0.4, 0.5) is 11.4 Å². The SMILES string of the molecule is CCC(=O)Nc1ccc(N2CCCN(C(=O)C3CCCC3)CC2)c(C(=O)N(CC)CC)c1. The summed E-state index contributed by atoms with van der Waals surface area (Å²) in [4.78, 5) is 44.2. The Kier molecular flexibility index (Phi) is 8.53. The maximum atomic E-state index is 13.3. The Hall–Kier alpha value is -2.57. The van der Waals surface area contributed by atoms with Gasteiger partial charge in [-0.15, -0.1) is 0 Å². The quantitative estimate of drug-likeness (QED) is 0.698. The summed E-state index contributed by atoms with van der Waals surface area (Å²) in [5, 5.41) is 2.88. The molecular weight excluding hydrogens is 404 g/mol. The van der Waals surface area contributed by atoms with Gasteiger partial charge in [-0.2, -0.15) is 0 Å². The first kappa shape index (κ1) is 24.1. The fourth-order valence-corrected chi connectivity index (χ4v) is 4.80. The first-order chi connectivity index (χ1) is 15.5. The van der Waals surface area contributed by atoms with Crippen molar-refractivity contribution in [3.05, 3.63) is 23.8 Å². The Balaban J connectivity index is 1.82. The molecule has 0 bridgehead atoms. The van der Waals surface area contributed by atoms with E-state index in [1.807, 2.05) is 37.8 Å². The molecule has 7 nitrogen and oxygen atoms in total. The molecule has 0 aromatic heterocycles. The number of hydrogen-bond acceptors (Lipinski definition) is 4. The highest BCUT2D eigenvalue weighted by molar-refractivity contribution is 6.02. The van der Waals surface area contributed by atoms with E-state index in [0.29, 0.717) is 49.8 Å². The molecule has 32 heavy (non-hydrogen) atoms.